The second-order valence-corrected chi connectivity index (χ2v) is 10.5. The molecule has 10 heteroatoms. The fraction of sp³-hybridized carbons (Fsp3) is 0.241. The van der Waals surface area contributed by atoms with E-state index < -0.39 is 17.9 Å². The van der Waals surface area contributed by atoms with Crippen LogP contribution in [0.15, 0.2) is 72.2 Å². The van der Waals surface area contributed by atoms with E-state index in [-0.39, 0.29) is 11.7 Å². The van der Waals surface area contributed by atoms with E-state index in [1.54, 1.807) is 18.3 Å². The predicted molar refractivity (Wildman–Crippen MR) is 153 cm³/mol. The molecule has 2 atom stereocenters. The number of piperazine rings is 1. The number of nitrogens with one attached hydrogen (secondary N) is 4. The Morgan fingerprint density at radius 2 is 1.82 bits per heavy atom. The standard InChI is InChI=1S/C29H28N6O3S/c36-26-24(25(27(26)37)35-13-11-30-12-14-35)33-19-4-3-5-20(16-19)34-29(38)28-23(9-15-39-28)32-17-18-8-10-31-22-7-2-1-6-21(18)22/h1-10,15-16,24-25,30,32-33H,11-14,17H2,(H,34,38). The number of aromatic nitrogens is 1. The van der Waals surface area contributed by atoms with Crippen LogP contribution in [0.2, 0.25) is 0 Å². The molecule has 4 aromatic rings. The van der Waals surface area contributed by atoms with Crippen molar-refractivity contribution in [3.63, 3.8) is 0 Å². The Kier molecular flexibility index (Phi) is 7.06. The van der Waals surface area contributed by atoms with Gasteiger partial charge in [0.25, 0.3) is 5.91 Å². The number of carbonyl (C=O) groups excluding carboxylic acids is 3. The molecule has 0 spiro atoms. The number of hydrogen-bond acceptors (Lipinski definition) is 9. The first-order chi connectivity index (χ1) is 19.1. The first-order valence-corrected chi connectivity index (χ1v) is 13.8. The number of nitrogens with zero attached hydrogens (tertiary/aromatic N) is 2. The third-order valence-electron chi connectivity index (χ3n) is 7.18. The van der Waals surface area contributed by atoms with Crippen LogP contribution in [0, 0.1) is 0 Å². The fourth-order valence-corrected chi connectivity index (χ4v) is 5.92. The minimum Gasteiger partial charge on any atom is -0.380 e. The molecule has 4 N–H and O–H groups in total. The monoisotopic (exact) mass is 540 g/mol. The van der Waals surface area contributed by atoms with Crippen molar-refractivity contribution in [1.82, 2.24) is 15.2 Å². The van der Waals surface area contributed by atoms with Gasteiger partial charge >= 0.3 is 0 Å². The molecule has 2 fully saturated rings. The maximum absolute atomic E-state index is 13.2. The maximum Gasteiger partial charge on any atom is 0.267 e. The minimum atomic E-state index is -0.584. The van der Waals surface area contributed by atoms with Gasteiger partial charge in [0, 0.05) is 55.7 Å². The van der Waals surface area contributed by atoms with Crippen LogP contribution >= 0.6 is 11.3 Å². The lowest BCUT2D eigenvalue weighted by molar-refractivity contribution is -0.149. The molecule has 39 heavy (non-hydrogen) atoms. The van der Waals surface area contributed by atoms with Crippen molar-refractivity contribution >= 4 is 56.8 Å². The third kappa shape index (κ3) is 5.14. The molecule has 0 radical (unpaired) electrons. The van der Waals surface area contributed by atoms with Crippen molar-refractivity contribution in [1.29, 1.82) is 0 Å². The number of benzene rings is 2. The third-order valence-corrected chi connectivity index (χ3v) is 8.09. The highest BCUT2D eigenvalue weighted by molar-refractivity contribution is 7.12. The zero-order valence-corrected chi connectivity index (χ0v) is 22.0. The molecule has 1 aliphatic heterocycles. The van der Waals surface area contributed by atoms with Gasteiger partial charge in [0.1, 0.15) is 17.0 Å². The van der Waals surface area contributed by atoms with Gasteiger partial charge < -0.3 is 21.3 Å². The number of fused-ring (bicyclic) bond motifs is 1. The Balaban J connectivity index is 1.12. The lowest BCUT2D eigenvalue weighted by Crippen LogP contribution is -2.70. The van der Waals surface area contributed by atoms with Crippen LogP contribution in [-0.4, -0.2) is 65.6 Å². The van der Waals surface area contributed by atoms with E-state index in [0.717, 1.165) is 48.3 Å². The maximum atomic E-state index is 13.2. The average Bonchev–Trinajstić information content (AvgIpc) is 3.45. The van der Waals surface area contributed by atoms with E-state index in [0.29, 0.717) is 22.8 Å². The average molecular weight is 541 g/mol. The van der Waals surface area contributed by atoms with Crippen molar-refractivity contribution in [2.45, 2.75) is 18.6 Å². The molecule has 198 valence electrons. The molecular formula is C29H28N6O3S. The molecule has 1 saturated heterocycles. The van der Waals surface area contributed by atoms with Gasteiger partial charge in [0.2, 0.25) is 11.6 Å². The van der Waals surface area contributed by atoms with E-state index in [9.17, 15) is 14.4 Å². The van der Waals surface area contributed by atoms with E-state index in [4.69, 9.17) is 0 Å². The summed E-state index contributed by atoms with van der Waals surface area (Å²) in [7, 11) is 0. The van der Waals surface area contributed by atoms with Crippen molar-refractivity contribution in [3.05, 3.63) is 82.7 Å². The molecule has 0 bridgehead atoms. The molecule has 2 aromatic carbocycles. The Labute approximate surface area is 229 Å². The normalized spacial score (nSPS) is 19.5. The summed E-state index contributed by atoms with van der Waals surface area (Å²) >= 11 is 1.36. The summed E-state index contributed by atoms with van der Waals surface area (Å²) in [6, 6.07) is 18.0. The largest absolute Gasteiger partial charge is 0.380 e. The van der Waals surface area contributed by atoms with E-state index in [1.165, 1.54) is 11.3 Å². The minimum absolute atomic E-state index is 0.224. The summed E-state index contributed by atoms with van der Waals surface area (Å²) in [6.07, 6.45) is 1.79. The second-order valence-electron chi connectivity index (χ2n) is 9.62. The first kappa shape index (κ1) is 25.2. The lowest BCUT2D eigenvalue weighted by Gasteiger charge is -2.43. The summed E-state index contributed by atoms with van der Waals surface area (Å²) in [4.78, 5) is 44.9. The van der Waals surface area contributed by atoms with Crippen molar-refractivity contribution in [3.8, 4) is 0 Å². The number of pyridine rings is 1. The summed E-state index contributed by atoms with van der Waals surface area (Å²) in [6.45, 7) is 3.61. The Hall–Kier alpha value is -4.12. The Morgan fingerprint density at radius 1 is 1.00 bits per heavy atom. The number of rotatable bonds is 8. The van der Waals surface area contributed by atoms with Gasteiger partial charge in [-0.1, -0.05) is 24.3 Å². The van der Waals surface area contributed by atoms with Crippen LogP contribution in [0.1, 0.15) is 15.2 Å². The molecule has 3 heterocycles. The number of hydrogen-bond donors (Lipinski definition) is 4. The molecule has 1 aliphatic carbocycles. The number of thiophene rings is 1. The Bertz CT molecular complexity index is 1540. The number of carbonyl (C=O) groups is 3. The Morgan fingerprint density at radius 3 is 2.69 bits per heavy atom. The summed E-state index contributed by atoms with van der Waals surface area (Å²) in [5.41, 5.74) is 4.06. The summed E-state index contributed by atoms with van der Waals surface area (Å²) in [5, 5.41) is 15.8. The van der Waals surface area contributed by atoms with Gasteiger partial charge in [0.15, 0.2) is 0 Å². The molecule has 2 aromatic heterocycles. The highest BCUT2D eigenvalue weighted by Gasteiger charge is 2.52. The zero-order valence-electron chi connectivity index (χ0n) is 21.1. The molecule has 2 aliphatic rings. The van der Waals surface area contributed by atoms with Gasteiger partial charge in [-0.05, 0) is 47.3 Å². The lowest BCUT2D eigenvalue weighted by atomic mass is 9.81. The van der Waals surface area contributed by atoms with Crippen molar-refractivity contribution < 1.29 is 14.4 Å². The van der Waals surface area contributed by atoms with Crippen molar-refractivity contribution in [2.24, 2.45) is 0 Å². The number of ketones is 2. The highest BCUT2D eigenvalue weighted by Crippen LogP contribution is 2.28. The molecule has 2 unspecified atom stereocenters. The number of Topliss-reactive ketones (excluding diaryl/α,β-unsaturated/α-hetero) is 2. The van der Waals surface area contributed by atoms with Gasteiger partial charge in [-0.25, -0.2) is 0 Å². The first-order valence-electron chi connectivity index (χ1n) is 12.9. The van der Waals surface area contributed by atoms with E-state index in [2.05, 4.69) is 31.2 Å². The smallest absolute Gasteiger partial charge is 0.267 e. The quantitative estimate of drug-likeness (QED) is 0.252. The van der Waals surface area contributed by atoms with Gasteiger partial charge in [-0.2, -0.15) is 0 Å². The molecule has 9 nitrogen and oxygen atoms in total. The van der Waals surface area contributed by atoms with Gasteiger partial charge in [-0.15, -0.1) is 11.3 Å². The SMILES string of the molecule is O=C(Nc1cccc(NC2C(=O)C(=O)C2N2CCNCC2)c1)c1sccc1NCc1ccnc2ccccc12. The molecular weight excluding hydrogens is 512 g/mol. The number of anilines is 3. The van der Waals surface area contributed by atoms with Crippen molar-refractivity contribution in [2.75, 3.05) is 42.1 Å². The van der Waals surface area contributed by atoms with Crippen LogP contribution in [0.5, 0.6) is 0 Å². The molecule has 6 rings (SSSR count). The topological polar surface area (TPSA) is 115 Å². The summed E-state index contributed by atoms with van der Waals surface area (Å²) in [5.74, 6) is -0.960. The van der Waals surface area contributed by atoms with Gasteiger partial charge in [0.05, 0.1) is 11.2 Å². The van der Waals surface area contributed by atoms with Gasteiger partial charge in [-0.3, -0.25) is 24.3 Å². The molecule has 1 amide bonds. The van der Waals surface area contributed by atoms with E-state index >= 15 is 0 Å². The fourth-order valence-electron chi connectivity index (χ4n) is 5.16. The summed E-state index contributed by atoms with van der Waals surface area (Å²) < 4.78 is 0. The molecule has 1 saturated carbocycles. The van der Waals surface area contributed by atoms with Crippen LogP contribution in [0.3, 0.4) is 0 Å². The van der Waals surface area contributed by atoms with Crippen LogP contribution in [0.4, 0.5) is 17.1 Å². The van der Waals surface area contributed by atoms with Crippen LogP contribution in [0.25, 0.3) is 10.9 Å². The van der Waals surface area contributed by atoms with Crippen LogP contribution in [-0.2, 0) is 16.1 Å². The van der Waals surface area contributed by atoms with Crippen LogP contribution < -0.4 is 21.3 Å². The second kappa shape index (κ2) is 10.9. The number of para-hydroxylation sites is 1. The highest BCUT2D eigenvalue weighted by atomic mass is 32.1. The van der Waals surface area contributed by atoms with E-state index in [1.807, 2.05) is 53.9 Å². The predicted octanol–water partition coefficient (Wildman–Crippen LogP) is 3.37. The number of amides is 1. The zero-order chi connectivity index (χ0) is 26.8.